The molecular weight excluding hydrogens is 376 g/mol. The van der Waals surface area contributed by atoms with Gasteiger partial charge in [0.25, 0.3) is 0 Å². The number of methoxy groups -OCH3 is 1. The Morgan fingerprint density at radius 2 is 1.79 bits per heavy atom. The summed E-state index contributed by atoms with van der Waals surface area (Å²) in [5, 5.41) is 5.34. The molecule has 0 saturated carbocycles. The van der Waals surface area contributed by atoms with E-state index in [0.29, 0.717) is 11.4 Å². The molecule has 28 heavy (non-hydrogen) atoms. The van der Waals surface area contributed by atoms with Gasteiger partial charge in [-0.25, -0.2) is 13.4 Å². The standard InChI is InChI=1S/C20H18N4O3S/c1-27-19-11-13(7-8-17(19)24-28(2,25)26)22-20-14-5-3-4-6-16(14)23-18-12-21-10-9-15(18)20/h3-12,24H,1-2H3,(H,22,23). The SMILES string of the molecule is COc1cc(Nc2c3ccccc3nc3cnccc23)ccc1NS(C)(=O)=O. The first kappa shape index (κ1) is 18.0. The number of benzene rings is 2. The molecule has 2 N–H and O–H groups in total. The van der Waals surface area contributed by atoms with Crippen LogP contribution in [0.2, 0.25) is 0 Å². The number of rotatable bonds is 5. The minimum atomic E-state index is -3.40. The van der Waals surface area contributed by atoms with E-state index in [1.807, 2.05) is 30.3 Å². The van der Waals surface area contributed by atoms with Gasteiger partial charge in [0.15, 0.2) is 0 Å². The highest BCUT2D eigenvalue weighted by Crippen LogP contribution is 2.35. The van der Waals surface area contributed by atoms with Gasteiger partial charge in [-0.1, -0.05) is 18.2 Å². The number of hydrogen-bond donors (Lipinski definition) is 2. The second kappa shape index (κ2) is 6.97. The summed E-state index contributed by atoms with van der Waals surface area (Å²) in [6.45, 7) is 0. The fourth-order valence-electron chi connectivity index (χ4n) is 3.08. The fourth-order valence-corrected chi connectivity index (χ4v) is 3.64. The molecule has 142 valence electrons. The first-order valence-electron chi connectivity index (χ1n) is 8.50. The molecule has 2 aromatic carbocycles. The zero-order valence-corrected chi connectivity index (χ0v) is 16.1. The van der Waals surface area contributed by atoms with E-state index in [4.69, 9.17) is 4.74 Å². The number of nitrogens with zero attached hydrogens (tertiary/aromatic N) is 2. The molecular formula is C20H18N4O3S. The molecule has 8 heteroatoms. The predicted molar refractivity (Wildman–Crippen MR) is 112 cm³/mol. The highest BCUT2D eigenvalue weighted by molar-refractivity contribution is 7.92. The maximum absolute atomic E-state index is 11.5. The van der Waals surface area contributed by atoms with Gasteiger partial charge in [-0.05, 0) is 24.3 Å². The number of nitrogens with one attached hydrogen (secondary N) is 2. The van der Waals surface area contributed by atoms with Crippen LogP contribution < -0.4 is 14.8 Å². The second-order valence-electron chi connectivity index (χ2n) is 6.31. The highest BCUT2D eigenvalue weighted by atomic mass is 32.2. The molecule has 0 aliphatic carbocycles. The van der Waals surface area contributed by atoms with Gasteiger partial charge in [-0.2, -0.15) is 0 Å². The smallest absolute Gasteiger partial charge is 0.229 e. The van der Waals surface area contributed by atoms with Crippen LogP contribution >= 0.6 is 0 Å². The fraction of sp³-hybridized carbons (Fsp3) is 0.100. The van der Waals surface area contributed by atoms with Crippen LogP contribution in [0.5, 0.6) is 5.75 Å². The summed E-state index contributed by atoms with van der Waals surface area (Å²) in [5.41, 5.74) is 3.67. The number of hydrogen-bond acceptors (Lipinski definition) is 6. The first-order chi connectivity index (χ1) is 13.4. The predicted octanol–water partition coefficient (Wildman–Crippen LogP) is 3.91. The Hall–Kier alpha value is -3.39. The van der Waals surface area contributed by atoms with Crippen molar-refractivity contribution in [3.05, 3.63) is 60.9 Å². The monoisotopic (exact) mass is 394 g/mol. The maximum atomic E-state index is 11.5. The third-order valence-corrected chi connectivity index (χ3v) is 4.84. The number of sulfonamides is 1. The summed E-state index contributed by atoms with van der Waals surface area (Å²) in [6.07, 6.45) is 4.55. The summed E-state index contributed by atoms with van der Waals surface area (Å²) in [4.78, 5) is 8.83. The molecule has 0 unspecified atom stereocenters. The third kappa shape index (κ3) is 3.54. The second-order valence-corrected chi connectivity index (χ2v) is 8.06. The number of para-hydroxylation sites is 1. The van der Waals surface area contributed by atoms with Crippen molar-refractivity contribution in [1.29, 1.82) is 0 Å². The van der Waals surface area contributed by atoms with Gasteiger partial charge < -0.3 is 10.1 Å². The van der Waals surface area contributed by atoms with Gasteiger partial charge in [-0.3, -0.25) is 9.71 Å². The van der Waals surface area contributed by atoms with E-state index in [9.17, 15) is 8.42 Å². The molecule has 2 aromatic heterocycles. The lowest BCUT2D eigenvalue weighted by molar-refractivity contribution is 0.417. The Kier molecular flexibility index (Phi) is 4.48. The molecule has 4 aromatic rings. The molecule has 0 saturated heterocycles. The molecule has 0 atom stereocenters. The molecule has 0 fully saturated rings. The summed E-state index contributed by atoms with van der Waals surface area (Å²) in [7, 11) is -1.91. The molecule has 7 nitrogen and oxygen atoms in total. The molecule has 2 heterocycles. The Morgan fingerprint density at radius 3 is 2.57 bits per heavy atom. The summed E-state index contributed by atoms with van der Waals surface area (Å²) >= 11 is 0. The topological polar surface area (TPSA) is 93.2 Å². The Morgan fingerprint density at radius 1 is 1.00 bits per heavy atom. The van der Waals surface area contributed by atoms with Crippen LogP contribution in [0.1, 0.15) is 0 Å². The van der Waals surface area contributed by atoms with Gasteiger partial charge >= 0.3 is 0 Å². The Bertz CT molecular complexity index is 1240. The van der Waals surface area contributed by atoms with Crippen molar-refractivity contribution in [3.8, 4) is 5.75 Å². The van der Waals surface area contributed by atoms with E-state index < -0.39 is 10.0 Å². The van der Waals surface area contributed by atoms with Crippen molar-refractivity contribution in [1.82, 2.24) is 9.97 Å². The van der Waals surface area contributed by atoms with Crippen LogP contribution in [0.25, 0.3) is 21.8 Å². The molecule has 0 amide bonds. The lowest BCUT2D eigenvalue weighted by atomic mass is 10.1. The van der Waals surface area contributed by atoms with Crippen molar-refractivity contribution in [2.45, 2.75) is 0 Å². The number of ether oxygens (including phenoxy) is 1. The van der Waals surface area contributed by atoms with Gasteiger partial charge in [0.2, 0.25) is 10.0 Å². The van der Waals surface area contributed by atoms with Crippen LogP contribution in [0.15, 0.2) is 60.9 Å². The van der Waals surface area contributed by atoms with Crippen LogP contribution in [-0.4, -0.2) is 31.8 Å². The molecule has 0 aliphatic rings. The van der Waals surface area contributed by atoms with Crippen molar-refractivity contribution in [2.75, 3.05) is 23.4 Å². The van der Waals surface area contributed by atoms with Crippen molar-refractivity contribution in [3.63, 3.8) is 0 Å². The van der Waals surface area contributed by atoms with Gasteiger partial charge in [0, 0.05) is 28.7 Å². The number of fused-ring (bicyclic) bond motifs is 2. The van der Waals surface area contributed by atoms with E-state index >= 15 is 0 Å². The van der Waals surface area contributed by atoms with Crippen LogP contribution in [-0.2, 0) is 10.0 Å². The normalized spacial score (nSPS) is 11.5. The molecule has 0 aliphatic heterocycles. The van der Waals surface area contributed by atoms with Crippen LogP contribution in [0.3, 0.4) is 0 Å². The minimum absolute atomic E-state index is 0.379. The zero-order valence-electron chi connectivity index (χ0n) is 15.3. The molecule has 0 radical (unpaired) electrons. The third-order valence-electron chi connectivity index (χ3n) is 4.25. The lowest BCUT2D eigenvalue weighted by Crippen LogP contribution is -2.10. The maximum Gasteiger partial charge on any atom is 0.229 e. The molecule has 0 bridgehead atoms. The average Bonchev–Trinajstić information content (AvgIpc) is 2.67. The molecule has 4 rings (SSSR count). The zero-order chi connectivity index (χ0) is 19.7. The molecule has 0 spiro atoms. The van der Waals surface area contributed by atoms with Crippen molar-refractivity contribution >= 4 is 48.9 Å². The number of aromatic nitrogens is 2. The van der Waals surface area contributed by atoms with Gasteiger partial charge in [-0.15, -0.1) is 0 Å². The Labute approximate surface area is 162 Å². The van der Waals surface area contributed by atoms with Crippen molar-refractivity contribution < 1.29 is 13.2 Å². The summed E-state index contributed by atoms with van der Waals surface area (Å²) in [6, 6.07) is 15.0. The van der Waals surface area contributed by atoms with Crippen molar-refractivity contribution in [2.24, 2.45) is 0 Å². The van der Waals surface area contributed by atoms with Crippen LogP contribution in [0.4, 0.5) is 17.1 Å². The quantitative estimate of drug-likeness (QED) is 0.499. The van der Waals surface area contributed by atoms with E-state index in [-0.39, 0.29) is 0 Å². The minimum Gasteiger partial charge on any atom is -0.494 e. The largest absolute Gasteiger partial charge is 0.494 e. The van der Waals surface area contributed by atoms with Gasteiger partial charge in [0.1, 0.15) is 5.75 Å². The number of anilines is 3. The van der Waals surface area contributed by atoms with E-state index in [2.05, 4.69) is 20.0 Å². The van der Waals surface area contributed by atoms with Gasteiger partial charge in [0.05, 0.1) is 42.0 Å². The van der Waals surface area contributed by atoms with E-state index in [1.54, 1.807) is 30.6 Å². The average molecular weight is 394 g/mol. The number of pyridine rings is 2. The van der Waals surface area contributed by atoms with Crippen LogP contribution in [0, 0.1) is 0 Å². The summed E-state index contributed by atoms with van der Waals surface area (Å²) in [5.74, 6) is 0.416. The highest BCUT2D eigenvalue weighted by Gasteiger charge is 2.12. The lowest BCUT2D eigenvalue weighted by Gasteiger charge is -2.15. The van der Waals surface area contributed by atoms with E-state index in [0.717, 1.165) is 39.4 Å². The Balaban J connectivity index is 1.83. The van der Waals surface area contributed by atoms with E-state index in [1.165, 1.54) is 7.11 Å². The summed E-state index contributed by atoms with van der Waals surface area (Å²) < 4.78 is 30.9. The first-order valence-corrected chi connectivity index (χ1v) is 10.4.